The Morgan fingerprint density at radius 1 is 0.955 bits per heavy atom. The van der Waals surface area contributed by atoms with Crippen LogP contribution in [0, 0.1) is 6.92 Å². The molecule has 1 aromatic carbocycles. The van der Waals surface area contributed by atoms with Crippen LogP contribution in [-0.2, 0) is 0 Å². The Labute approximate surface area is 130 Å². The molecule has 1 heterocycles. The van der Waals surface area contributed by atoms with Crippen LogP contribution in [-0.4, -0.2) is 30.3 Å². The number of nitrogens with zero attached hydrogens (tertiary/aromatic N) is 2. The third kappa shape index (κ3) is 4.25. The van der Waals surface area contributed by atoms with E-state index in [4.69, 9.17) is 14.2 Å². The summed E-state index contributed by atoms with van der Waals surface area (Å²) in [6.45, 7) is 5.81. The van der Waals surface area contributed by atoms with Gasteiger partial charge in [-0.05, 0) is 20.8 Å². The maximum absolute atomic E-state index is 5.62. The molecule has 6 nitrogen and oxygen atoms in total. The molecule has 1 aromatic heterocycles. The highest BCUT2D eigenvalue weighted by molar-refractivity contribution is 5.59. The SMILES string of the molecule is COc1cc(Nc2nc(C)cc(OC(C)C)n2)cc(OC)c1. The summed E-state index contributed by atoms with van der Waals surface area (Å²) in [4.78, 5) is 8.72. The van der Waals surface area contributed by atoms with Crippen LogP contribution in [0.1, 0.15) is 19.5 Å². The van der Waals surface area contributed by atoms with Gasteiger partial charge in [-0.1, -0.05) is 0 Å². The maximum atomic E-state index is 5.62. The van der Waals surface area contributed by atoms with Crippen molar-refractivity contribution < 1.29 is 14.2 Å². The molecule has 0 aliphatic heterocycles. The van der Waals surface area contributed by atoms with Crippen molar-refractivity contribution >= 4 is 11.6 Å². The zero-order valence-electron chi connectivity index (χ0n) is 13.5. The predicted molar refractivity (Wildman–Crippen MR) is 85.4 cm³/mol. The third-order valence-corrected chi connectivity index (χ3v) is 2.79. The van der Waals surface area contributed by atoms with Gasteiger partial charge in [0.1, 0.15) is 11.5 Å². The molecule has 0 atom stereocenters. The summed E-state index contributed by atoms with van der Waals surface area (Å²) in [6, 6.07) is 7.29. The molecule has 6 heteroatoms. The molecule has 0 saturated heterocycles. The van der Waals surface area contributed by atoms with Crippen molar-refractivity contribution in [3.8, 4) is 17.4 Å². The van der Waals surface area contributed by atoms with Crippen LogP contribution < -0.4 is 19.5 Å². The Morgan fingerprint density at radius 2 is 1.59 bits per heavy atom. The summed E-state index contributed by atoms with van der Waals surface area (Å²) >= 11 is 0. The van der Waals surface area contributed by atoms with Gasteiger partial charge < -0.3 is 19.5 Å². The minimum absolute atomic E-state index is 0.0547. The lowest BCUT2D eigenvalue weighted by Crippen LogP contribution is -2.09. The predicted octanol–water partition coefficient (Wildman–Crippen LogP) is 3.33. The standard InChI is InChI=1S/C16H21N3O3/c1-10(2)22-15-6-11(3)17-16(19-15)18-12-7-13(20-4)9-14(8-12)21-5/h6-10H,1-5H3,(H,17,18,19). The van der Waals surface area contributed by atoms with Crippen molar-refractivity contribution in [1.82, 2.24) is 9.97 Å². The lowest BCUT2D eigenvalue weighted by Gasteiger charge is -2.12. The van der Waals surface area contributed by atoms with E-state index >= 15 is 0 Å². The van der Waals surface area contributed by atoms with Gasteiger partial charge in [-0.15, -0.1) is 0 Å². The highest BCUT2D eigenvalue weighted by Gasteiger charge is 2.07. The number of benzene rings is 1. The Hall–Kier alpha value is -2.50. The van der Waals surface area contributed by atoms with Crippen molar-refractivity contribution in [2.24, 2.45) is 0 Å². The molecule has 0 unspecified atom stereocenters. The Kier molecular flexibility index (Phi) is 5.04. The van der Waals surface area contributed by atoms with Gasteiger partial charge in [0, 0.05) is 35.6 Å². The summed E-state index contributed by atoms with van der Waals surface area (Å²) in [6.07, 6.45) is 0.0547. The van der Waals surface area contributed by atoms with Crippen LogP contribution in [0.25, 0.3) is 0 Å². The molecule has 118 valence electrons. The minimum atomic E-state index is 0.0547. The lowest BCUT2D eigenvalue weighted by molar-refractivity contribution is 0.232. The lowest BCUT2D eigenvalue weighted by atomic mass is 10.3. The number of hydrogen-bond donors (Lipinski definition) is 1. The summed E-state index contributed by atoms with van der Waals surface area (Å²) in [5, 5.41) is 3.15. The second-order valence-corrected chi connectivity index (χ2v) is 5.06. The normalized spacial score (nSPS) is 10.5. The van der Waals surface area contributed by atoms with Gasteiger partial charge in [-0.25, -0.2) is 4.98 Å². The van der Waals surface area contributed by atoms with E-state index < -0.39 is 0 Å². The molecule has 22 heavy (non-hydrogen) atoms. The van der Waals surface area contributed by atoms with Crippen LogP contribution in [0.2, 0.25) is 0 Å². The van der Waals surface area contributed by atoms with E-state index in [0.717, 1.165) is 11.4 Å². The topological polar surface area (TPSA) is 65.5 Å². The Balaban J connectivity index is 2.28. The third-order valence-electron chi connectivity index (χ3n) is 2.79. The first kappa shape index (κ1) is 15.9. The van der Waals surface area contributed by atoms with Crippen LogP contribution in [0.15, 0.2) is 24.3 Å². The summed E-state index contributed by atoms with van der Waals surface area (Å²) < 4.78 is 16.1. The Morgan fingerprint density at radius 3 is 2.14 bits per heavy atom. The molecule has 0 aliphatic rings. The average molecular weight is 303 g/mol. The van der Waals surface area contributed by atoms with E-state index in [2.05, 4.69) is 15.3 Å². The summed E-state index contributed by atoms with van der Waals surface area (Å²) in [5.41, 5.74) is 1.60. The molecule has 0 bridgehead atoms. The zero-order valence-corrected chi connectivity index (χ0v) is 13.5. The van der Waals surface area contributed by atoms with Crippen molar-refractivity contribution in [3.63, 3.8) is 0 Å². The van der Waals surface area contributed by atoms with Gasteiger partial charge in [0.15, 0.2) is 0 Å². The quantitative estimate of drug-likeness (QED) is 0.883. The first-order valence-electron chi connectivity index (χ1n) is 7.02. The van der Waals surface area contributed by atoms with Crippen molar-refractivity contribution in [2.75, 3.05) is 19.5 Å². The molecule has 1 N–H and O–H groups in total. The fourth-order valence-corrected chi connectivity index (χ4v) is 1.91. The molecule has 0 amide bonds. The second-order valence-electron chi connectivity index (χ2n) is 5.06. The van der Waals surface area contributed by atoms with Gasteiger partial charge in [-0.2, -0.15) is 4.98 Å². The first-order chi connectivity index (χ1) is 10.5. The number of anilines is 2. The fourth-order valence-electron chi connectivity index (χ4n) is 1.91. The number of methoxy groups -OCH3 is 2. The number of aryl methyl sites for hydroxylation is 1. The van der Waals surface area contributed by atoms with Crippen molar-refractivity contribution in [3.05, 3.63) is 30.0 Å². The van der Waals surface area contributed by atoms with E-state index in [1.807, 2.05) is 32.9 Å². The molecule has 0 spiro atoms. The van der Waals surface area contributed by atoms with E-state index in [1.54, 1.807) is 26.4 Å². The average Bonchev–Trinajstić information content (AvgIpc) is 2.45. The highest BCUT2D eigenvalue weighted by Crippen LogP contribution is 2.27. The summed E-state index contributed by atoms with van der Waals surface area (Å²) in [5.74, 6) is 2.38. The smallest absolute Gasteiger partial charge is 0.230 e. The van der Waals surface area contributed by atoms with Gasteiger partial charge in [0.2, 0.25) is 11.8 Å². The van der Waals surface area contributed by atoms with Crippen LogP contribution in [0.5, 0.6) is 17.4 Å². The first-order valence-corrected chi connectivity index (χ1v) is 7.02. The minimum Gasteiger partial charge on any atom is -0.497 e. The molecule has 0 saturated carbocycles. The van der Waals surface area contributed by atoms with E-state index in [0.29, 0.717) is 23.3 Å². The van der Waals surface area contributed by atoms with E-state index in [-0.39, 0.29) is 6.10 Å². The molecular weight excluding hydrogens is 282 g/mol. The van der Waals surface area contributed by atoms with Crippen molar-refractivity contribution in [2.45, 2.75) is 26.9 Å². The second kappa shape index (κ2) is 6.98. The number of aromatic nitrogens is 2. The fraction of sp³-hybridized carbons (Fsp3) is 0.375. The van der Waals surface area contributed by atoms with Crippen LogP contribution in [0.3, 0.4) is 0 Å². The number of rotatable bonds is 6. The zero-order chi connectivity index (χ0) is 16.1. The number of hydrogen-bond acceptors (Lipinski definition) is 6. The van der Waals surface area contributed by atoms with Crippen molar-refractivity contribution in [1.29, 1.82) is 0 Å². The van der Waals surface area contributed by atoms with Gasteiger partial charge >= 0.3 is 0 Å². The molecule has 2 rings (SSSR count). The van der Waals surface area contributed by atoms with E-state index in [9.17, 15) is 0 Å². The van der Waals surface area contributed by atoms with E-state index in [1.165, 1.54) is 0 Å². The molecule has 0 radical (unpaired) electrons. The molecular formula is C16H21N3O3. The summed E-state index contributed by atoms with van der Waals surface area (Å²) in [7, 11) is 3.21. The molecule has 2 aromatic rings. The van der Waals surface area contributed by atoms with Gasteiger partial charge in [0.25, 0.3) is 0 Å². The van der Waals surface area contributed by atoms with Crippen LogP contribution >= 0.6 is 0 Å². The van der Waals surface area contributed by atoms with Crippen LogP contribution in [0.4, 0.5) is 11.6 Å². The number of ether oxygens (including phenoxy) is 3. The Bertz CT molecular complexity index is 622. The number of nitrogens with one attached hydrogen (secondary N) is 1. The highest BCUT2D eigenvalue weighted by atomic mass is 16.5. The maximum Gasteiger partial charge on any atom is 0.230 e. The largest absolute Gasteiger partial charge is 0.497 e. The monoisotopic (exact) mass is 303 g/mol. The molecule has 0 fully saturated rings. The van der Waals surface area contributed by atoms with Gasteiger partial charge in [-0.3, -0.25) is 0 Å². The van der Waals surface area contributed by atoms with Gasteiger partial charge in [0.05, 0.1) is 20.3 Å². The molecule has 0 aliphatic carbocycles.